The molecule has 31 heavy (non-hydrogen) atoms. The topological polar surface area (TPSA) is 117 Å². The number of cyclic esters (lactones) is 1. The second kappa shape index (κ2) is 8.97. The predicted molar refractivity (Wildman–Crippen MR) is 112 cm³/mol. The fourth-order valence-electron chi connectivity index (χ4n) is 2.84. The molecule has 0 saturated carbocycles. The highest BCUT2D eigenvalue weighted by Crippen LogP contribution is 2.37. The summed E-state index contributed by atoms with van der Waals surface area (Å²) in [5, 5.41) is 11.3. The summed E-state index contributed by atoms with van der Waals surface area (Å²) in [6.45, 7) is 3.19. The van der Waals surface area contributed by atoms with Gasteiger partial charge in [-0.15, -0.1) is 0 Å². The average Bonchev–Trinajstić information content (AvgIpc) is 3.09. The molecule has 3 rings (SSSR count). The van der Waals surface area contributed by atoms with Crippen LogP contribution in [-0.2, 0) is 14.3 Å². The van der Waals surface area contributed by atoms with E-state index in [0.29, 0.717) is 16.7 Å². The number of carbonyl (C=O) groups excluding carboxylic acids is 2. The van der Waals surface area contributed by atoms with Gasteiger partial charge in [-0.3, -0.25) is 14.9 Å². The third-order valence-electron chi connectivity index (χ3n) is 4.41. The van der Waals surface area contributed by atoms with Crippen molar-refractivity contribution in [3.05, 3.63) is 67.9 Å². The molecular weight excluding hydrogens is 428 g/mol. The number of nitrogens with zero attached hydrogens (tertiary/aromatic N) is 2. The van der Waals surface area contributed by atoms with Crippen molar-refractivity contribution in [1.82, 2.24) is 0 Å². The van der Waals surface area contributed by atoms with E-state index in [1.165, 1.54) is 37.5 Å². The van der Waals surface area contributed by atoms with Crippen LogP contribution in [0.15, 0.2) is 41.0 Å². The number of rotatable bonds is 6. The van der Waals surface area contributed by atoms with Gasteiger partial charge in [-0.05, 0) is 36.8 Å². The smallest absolute Gasteiger partial charge is 0.363 e. The minimum Gasteiger partial charge on any atom is -0.493 e. The molecule has 0 N–H and O–H groups in total. The summed E-state index contributed by atoms with van der Waals surface area (Å²) in [7, 11) is 1.39. The first-order valence-electron chi connectivity index (χ1n) is 9.10. The highest BCUT2D eigenvalue weighted by molar-refractivity contribution is 6.32. The number of hydrogen-bond donors (Lipinski definition) is 0. The van der Waals surface area contributed by atoms with E-state index in [2.05, 4.69) is 4.99 Å². The summed E-state index contributed by atoms with van der Waals surface area (Å²) in [4.78, 5) is 38.7. The van der Waals surface area contributed by atoms with Gasteiger partial charge in [0.2, 0.25) is 5.90 Å². The third-order valence-corrected chi connectivity index (χ3v) is 4.69. The summed E-state index contributed by atoms with van der Waals surface area (Å²) in [6.07, 6.45) is 1.58. The maximum Gasteiger partial charge on any atom is 0.363 e. The lowest BCUT2D eigenvalue weighted by molar-refractivity contribution is -0.385. The van der Waals surface area contributed by atoms with Crippen molar-refractivity contribution in [3.8, 4) is 11.5 Å². The predicted octanol–water partition coefficient (Wildman–Crippen LogP) is 4.23. The van der Waals surface area contributed by atoms with Crippen molar-refractivity contribution in [1.29, 1.82) is 0 Å². The van der Waals surface area contributed by atoms with Crippen molar-refractivity contribution in [2.45, 2.75) is 20.3 Å². The number of methoxy groups -OCH3 is 1. The zero-order chi connectivity index (χ0) is 22.7. The molecule has 160 valence electrons. The number of nitro benzene ring substituents is 1. The molecule has 0 fully saturated rings. The maximum absolute atomic E-state index is 12.3. The molecule has 0 unspecified atom stereocenters. The third kappa shape index (κ3) is 4.56. The molecule has 0 aromatic heterocycles. The lowest BCUT2D eigenvalue weighted by Crippen LogP contribution is -2.08. The number of esters is 2. The highest BCUT2D eigenvalue weighted by atomic mass is 35.5. The normalized spacial score (nSPS) is 14.3. The molecule has 0 spiro atoms. The zero-order valence-corrected chi connectivity index (χ0v) is 17.6. The Morgan fingerprint density at radius 1 is 1.35 bits per heavy atom. The van der Waals surface area contributed by atoms with E-state index >= 15 is 0 Å². The quantitative estimate of drug-likeness (QED) is 0.215. The van der Waals surface area contributed by atoms with E-state index < -0.39 is 16.9 Å². The molecule has 9 nitrogen and oxygen atoms in total. The van der Waals surface area contributed by atoms with E-state index in [4.69, 9.17) is 25.8 Å². The number of hydrogen-bond acceptors (Lipinski definition) is 8. The van der Waals surface area contributed by atoms with Gasteiger partial charge < -0.3 is 14.2 Å². The Morgan fingerprint density at radius 3 is 2.74 bits per heavy atom. The Bertz CT molecular complexity index is 1150. The van der Waals surface area contributed by atoms with Crippen LogP contribution in [-0.4, -0.2) is 29.9 Å². The zero-order valence-electron chi connectivity index (χ0n) is 16.8. The van der Waals surface area contributed by atoms with Gasteiger partial charge in [0.1, 0.15) is 0 Å². The van der Waals surface area contributed by atoms with Gasteiger partial charge in [0.05, 0.1) is 17.1 Å². The van der Waals surface area contributed by atoms with Gasteiger partial charge in [-0.2, -0.15) is 0 Å². The van der Waals surface area contributed by atoms with Gasteiger partial charge >= 0.3 is 11.9 Å². The molecule has 10 heteroatoms. The van der Waals surface area contributed by atoms with E-state index in [9.17, 15) is 19.7 Å². The second-order valence-corrected chi connectivity index (χ2v) is 6.81. The fourth-order valence-corrected chi connectivity index (χ4v) is 3.10. The minimum atomic E-state index is -0.725. The van der Waals surface area contributed by atoms with E-state index in [0.717, 1.165) is 0 Å². The van der Waals surface area contributed by atoms with Crippen molar-refractivity contribution < 1.29 is 28.7 Å². The van der Waals surface area contributed by atoms with Crippen LogP contribution in [0.4, 0.5) is 5.69 Å². The first-order valence-corrected chi connectivity index (χ1v) is 9.48. The molecular formula is C21H17ClN2O7. The lowest BCUT2D eigenvalue weighted by atomic mass is 10.1. The molecule has 0 saturated heterocycles. The number of benzene rings is 2. The van der Waals surface area contributed by atoms with E-state index in [-0.39, 0.29) is 40.2 Å². The standard InChI is InChI=1S/C21H17ClN2O7/c1-4-18(25)30-19-14(22)8-12(10-17(19)29-3)9-15-21(26)31-20(23-15)13-6-5-7-16(11(13)2)24(27)28/h5-10H,4H2,1-3H3/b15-9-. The molecule has 0 aliphatic carbocycles. The van der Waals surface area contributed by atoms with Crippen LogP contribution in [0.1, 0.15) is 30.0 Å². The number of aliphatic imine (C=N–C) groups is 1. The lowest BCUT2D eigenvalue weighted by Gasteiger charge is -2.11. The van der Waals surface area contributed by atoms with Crippen molar-refractivity contribution >= 4 is 41.2 Å². The fraction of sp³-hybridized carbons (Fsp3) is 0.190. The molecule has 2 aromatic rings. The van der Waals surface area contributed by atoms with Crippen LogP contribution in [0.2, 0.25) is 5.02 Å². The van der Waals surface area contributed by atoms with Gasteiger partial charge in [-0.25, -0.2) is 9.79 Å². The number of nitro groups is 1. The van der Waals surface area contributed by atoms with Crippen molar-refractivity contribution in [3.63, 3.8) is 0 Å². The van der Waals surface area contributed by atoms with Crippen LogP contribution in [0.25, 0.3) is 6.08 Å². The van der Waals surface area contributed by atoms with Gasteiger partial charge in [0.25, 0.3) is 5.69 Å². The number of carbonyl (C=O) groups is 2. The van der Waals surface area contributed by atoms with Crippen molar-refractivity contribution in [2.75, 3.05) is 7.11 Å². The summed E-state index contributed by atoms with van der Waals surface area (Å²) < 4.78 is 15.6. The number of halogens is 1. The summed E-state index contributed by atoms with van der Waals surface area (Å²) in [6, 6.07) is 7.42. The minimum absolute atomic E-state index is 0.0303. The highest BCUT2D eigenvalue weighted by Gasteiger charge is 2.27. The van der Waals surface area contributed by atoms with Crippen molar-refractivity contribution in [2.24, 2.45) is 4.99 Å². The molecule has 0 amide bonds. The molecule has 2 aromatic carbocycles. The largest absolute Gasteiger partial charge is 0.493 e. The Balaban J connectivity index is 1.99. The first-order chi connectivity index (χ1) is 14.7. The first kappa shape index (κ1) is 22.0. The number of ether oxygens (including phenoxy) is 3. The second-order valence-electron chi connectivity index (χ2n) is 6.40. The maximum atomic E-state index is 12.3. The Labute approximate surface area is 182 Å². The van der Waals surface area contributed by atoms with E-state index in [1.807, 2.05) is 0 Å². The van der Waals surface area contributed by atoms with Crippen LogP contribution >= 0.6 is 11.6 Å². The Hall–Kier alpha value is -3.72. The summed E-state index contributed by atoms with van der Waals surface area (Å²) in [5.74, 6) is -0.969. The van der Waals surface area contributed by atoms with Gasteiger partial charge in [0.15, 0.2) is 17.2 Å². The van der Waals surface area contributed by atoms with Gasteiger partial charge in [0, 0.05) is 23.6 Å². The summed E-state index contributed by atoms with van der Waals surface area (Å²) >= 11 is 6.23. The molecule has 0 radical (unpaired) electrons. The van der Waals surface area contributed by atoms with Crippen LogP contribution in [0, 0.1) is 17.0 Å². The van der Waals surface area contributed by atoms with Crippen LogP contribution in [0.3, 0.4) is 0 Å². The molecule has 1 heterocycles. The van der Waals surface area contributed by atoms with Crippen LogP contribution in [0.5, 0.6) is 11.5 Å². The van der Waals surface area contributed by atoms with Gasteiger partial charge in [-0.1, -0.05) is 24.6 Å². The van der Waals surface area contributed by atoms with Crippen LogP contribution < -0.4 is 9.47 Å². The molecule has 0 atom stereocenters. The summed E-state index contributed by atoms with van der Waals surface area (Å²) in [5.41, 5.74) is 0.973. The monoisotopic (exact) mass is 444 g/mol. The SMILES string of the molecule is CCC(=O)Oc1c(Cl)cc(/C=C2\N=C(c3cccc([N+](=O)[O-])c3C)OC2=O)cc1OC. The molecule has 0 bridgehead atoms. The molecule has 1 aliphatic rings. The van der Waals surface area contributed by atoms with E-state index in [1.54, 1.807) is 19.9 Å². The molecule has 1 aliphatic heterocycles. The Kier molecular flexibility index (Phi) is 6.36. The average molecular weight is 445 g/mol. The Morgan fingerprint density at radius 2 is 2.10 bits per heavy atom.